The van der Waals surface area contributed by atoms with Gasteiger partial charge in [-0.2, -0.15) is 5.10 Å². The molecule has 0 saturated heterocycles. The van der Waals surface area contributed by atoms with Crippen LogP contribution in [0.4, 0.5) is 5.69 Å². The van der Waals surface area contributed by atoms with Gasteiger partial charge in [-0.3, -0.25) is 4.79 Å². The number of carbonyl (C=O) groups is 1. The molecule has 0 unspecified atom stereocenters. The van der Waals surface area contributed by atoms with E-state index in [9.17, 15) is 4.79 Å². The van der Waals surface area contributed by atoms with Crippen molar-refractivity contribution in [2.24, 2.45) is 0 Å². The molecule has 0 radical (unpaired) electrons. The molecule has 2 aromatic carbocycles. The molecule has 8 heteroatoms. The molecule has 0 spiro atoms. The first-order valence-electron chi connectivity index (χ1n) is 7.33. The van der Waals surface area contributed by atoms with Crippen molar-refractivity contribution in [1.82, 2.24) is 29.8 Å². The smallest absolute Gasteiger partial charge is 0.246 e. The maximum Gasteiger partial charge on any atom is 0.246 e. The Hall–Kier alpha value is -3.55. The van der Waals surface area contributed by atoms with E-state index in [1.165, 1.54) is 6.33 Å². The van der Waals surface area contributed by atoms with E-state index in [2.05, 4.69) is 25.7 Å². The molecule has 118 valence electrons. The van der Waals surface area contributed by atoms with Crippen LogP contribution in [0.25, 0.3) is 16.7 Å². The lowest BCUT2D eigenvalue weighted by atomic mass is 10.2. The second kappa shape index (κ2) is 5.92. The van der Waals surface area contributed by atoms with Gasteiger partial charge in [-0.1, -0.05) is 29.5 Å². The number of anilines is 1. The van der Waals surface area contributed by atoms with Crippen LogP contribution < -0.4 is 5.32 Å². The van der Waals surface area contributed by atoms with Gasteiger partial charge in [0.2, 0.25) is 5.91 Å². The Balaban J connectivity index is 1.57. The van der Waals surface area contributed by atoms with Crippen LogP contribution in [0.1, 0.15) is 0 Å². The van der Waals surface area contributed by atoms with Crippen molar-refractivity contribution in [2.75, 3.05) is 5.32 Å². The van der Waals surface area contributed by atoms with Gasteiger partial charge in [-0.15, -0.1) is 5.10 Å². The first-order valence-corrected chi connectivity index (χ1v) is 7.33. The zero-order chi connectivity index (χ0) is 16.4. The first kappa shape index (κ1) is 14.1. The molecule has 1 amide bonds. The number of rotatable bonds is 4. The second-order valence-corrected chi connectivity index (χ2v) is 5.14. The summed E-state index contributed by atoms with van der Waals surface area (Å²) in [4.78, 5) is 16.3. The number of nitrogens with one attached hydrogen (secondary N) is 1. The molecule has 2 aromatic heterocycles. The molecule has 0 saturated carbocycles. The standard InChI is InChI=1S/C16H13N7O/c24-16(9-22-15-8-4-2-6-13(15)20-21-22)19-12-5-1-3-7-14(12)23-11-17-10-18-23/h1-8,10-11H,9H2,(H,19,24). The fourth-order valence-electron chi connectivity index (χ4n) is 2.47. The first-order chi connectivity index (χ1) is 11.8. The predicted octanol–water partition coefficient (Wildman–Crippen LogP) is 1.65. The van der Waals surface area contributed by atoms with E-state index in [1.54, 1.807) is 15.7 Å². The summed E-state index contributed by atoms with van der Waals surface area (Å²) < 4.78 is 3.17. The normalized spacial score (nSPS) is 10.8. The summed E-state index contributed by atoms with van der Waals surface area (Å²) in [7, 11) is 0. The van der Waals surface area contributed by atoms with E-state index in [1.807, 2.05) is 48.5 Å². The van der Waals surface area contributed by atoms with Crippen LogP contribution in [0.5, 0.6) is 0 Å². The number of benzene rings is 2. The second-order valence-electron chi connectivity index (χ2n) is 5.14. The summed E-state index contributed by atoms with van der Waals surface area (Å²) in [5.41, 5.74) is 2.97. The summed E-state index contributed by atoms with van der Waals surface area (Å²) in [5.74, 6) is -0.196. The van der Waals surface area contributed by atoms with Gasteiger partial charge in [0.25, 0.3) is 0 Å². The Labute approximate surface area is 136 Å². The van der Waals surface area contributed by atoms with Gasteiger partial charge in [0, 0.05) is 0 Å². The van der Waals surface area contributed by atoms with Gasteiger partial charge < -0.3 is 5.32 Å². The number of carbonyl (C=O) groups excluding carboxylic acids is 1. The summed E-state index contributed by atoms with van der Waals surface area (Å²) in [6.45, 7) is 0.0756. The van der Waals surface area contributed by atoms with Crippen LogP contribution in [-0.2, 0) is 11.3 Å². The largest absolute Gasteiger partial charge is 0.323 e. The highest BCUT2D eigenvalue weighted by Gasteiger charge is 2.11. The summed E-state index contributed by atoms with van der Waals surface area (Å²) >= 11 is 0. The van der Waals surface area contributed by atoms with Gasteiger partial charge in [0.05, 0.1) is 16.9 Å². The Morgan fingerprint density at radius 2 is 1.92 bits per heavy atom. The minimum atomic E-state index is -0.196. The van der Waals surface area contributed by atoms with E-state index in [0.717, 1.165) is 16.7 Å². The van der Waals surface area contributed by atoms with E-state index in [-0.39, 0.29) is 12.5 Å². The number of hydrogen-bond acceptors (Lipinski definition) is 5. The van der Waals surface area contributed by atoms with Crippen molar-refractivity contribution in [3.8, 4) is 5.69 Å². The highest BCUT2D eigenvalue weighted by molar-refractivity contribution is 5.93. The highest BCUT2D eigenvalue weighted by Crippen LogP contribution is 2.19. The van der Waals surface area contributed by atoms with Crippen molar-refractivity contribution in [3.63, 3.8) is 0 Å². The molecule has 0 fully saturated rings. The minimum absolute atomic E-state index is 0.0756. The Morgan fingerprint density at radius 3 is 2.79 bits per heavy atom. The molecule has 1 N–H and O–H groups in total. The fraction of sp³-hybridized carbons (Fsp3) is 0.0625. The quantitative estimate of drug-likeness (QED) is 0.617. The topological polar surface area (TPSA) is 90.5 Å². The molecule has 0 aliphatic rings. The lowest BCUT2D eigenvalue weighted by molar-refractivity contribution is -0.116. The molecule has 0 aliphatic heterocycles. The molecule has 0 aliphatic carbocycles. The van der Waals surface area contributed by atoms with Crippen LogP contribution in [0, 0.1) is 0 Å². The van der Waals surface area contributed by atoms with Crippen LogP contribution in [0.15, 0.2) is 61.2 Å². The average molecular weight is 319 g/mol. The van der Waals surface area contributed by atoms with E-state index < -0.39 is 0 Å². The van der Waals surface area contributed by atoms with Gasteiger partial charge in [-0.05, 0) is 24.3 Å². The highest BCUT2D eigenvalue weighted by atomic mass is 16.2. The molecule has 2 heterocycles. The van der Waals surface area contributed by atoms with Crippen molar-refractivity contribution >= 4 is 22.6 Å². The molecular formula is C16H13N7O. The van der Waals surface area contributed by atoms with Crippen LogP contribution in [0.2, 0.25) is 0 Å². The molecule has 8 nitrogen and oxygen atoms in total. The van der Waals surface area contributed by atoms with Gasteiger partial charge in [0.1, 0.15) is 24.7 Å². The van der Waals surface area contributed by atoms with Crippen LogP contribution >= 0.6 is 0 Å². The lowest BCUT2D eigenvalue weighted by Crippen LogP contribution is -2.20. The monoisotopic (exact) mass is 319 g/mol. The average Bonchev–Trinajstić information content (AvgIpc) is 3.26. The van der Waals surface area contributed by atoms with Crippen molar-refractivity contribution in [2.45, 2.75) is 6.54 Å². The minimum Gasteiger partial charge on any atom is -0.323 e. The Kier molecular flexibility index (Phi) is 3.47. The third kappa shape index (κ3) is 2.60. The summed E-state index contributed by atoms with van der Waals surface area (Å²) in [6.07, 6.45) is 3.02. The van der Waals surface area contributed by atoms with Crippen molar-refractivity contribution < 1.29 is 4.79 Å². The Bertz CT molecular complexity index is 991. The molecule has 4 rings (SSSR count). The van der Waals surface area contributed by atoms with Crippen LogP contribution in [0.3, 0.4) is 0 Å². The van der Waals surface area contributed by atoms with Crippen LogP contribution in [-0.4, -0.2) is 35.7 Å². The molecule has 0 bridgehead atoms. The van der Waals surface area contributed by atoms with E-state index >= 15 is 0 Å². The van der Waals surface area contributed by atoms with Gasteiger partial charge in [0.15, 0.2) is 0 Å². The fourth-order valence-corrected chi connectivity index (χ4v) is 2.47. The number of hydrogen-bond donors (Lipinski definition) is 1. The SMILES string of the molecule is O=C(Cn1nnc2ccccc21)Nc1ccccc1-n1cncn1. The molecule has 24 heavy (non-hydrogen) atoms. The van der Waals surface area contributed by atoms with Gasteiger partial charge >= 0.3 is 0 Å². The summed E-state index contributed by atoms with van der Waals surface area (Å²) in [5, 5.41) is 15.1. The zero-order valence-corrected chi connectivity index (χ0v) is 12.6. The molecule has 4 aromatic rings. The number of para-hydroxylation sites is 3. The lowest BCUT2D eigenvalue weighted by Gasteiger charge is -2.10. The van der Waals surface area contributed by atoms with Crippen molar-refractivity contribution in [3.05, 3.63) is 61.2 Å². The Morgan fingerprint density at radius 1 is 1.08 bits per heavy atom. The molecule has 0 atom stereocenters. The van der Waals surface area contributed by atoms with Crippen molar-refractivity contribution in [1.29, 1.82) is 0 Å². The van der Waals surface area contributed by atoms with E-state index in [0.29, 0.717) is 5.69 Å². The third-order valence-electron chi connectivity index (χ3n) is 3.56. The maximum atomic E-state index is 12.4. The van der Waals surface area contributed by atoms with E-state index in [4.69, 9.17) is 0 Å². The number of fused-ring (bicyclic) bond motifs is 1. The molecular weight excluding hydrogens is 306 g/mol. The third-order valence-corrected chi connectivity index (χ3v) is 3.56. The maximum absolute atomic E-state index is 12.4. The summed E-state index contributed by atoms with van der Waals surface area (Å²) in [6, 6.07) is 14.9. The number of nitrogens with zero attached hydrogens (tertiary/aromatic N) is 6. The zero-order valence-electron chi connectivity index (χ0n) is 12.6. The number of aromatic nitrogens is 6. The van der Waals surface area contributed by atoms with Gasteiger partial charge in [-0.25, -0.2) is 14.3 Å². The number of amides is 1. The predicted molar refractivity (Wildman–Crippen MR) is 87.5 cm³/mol.